The lowest BCUT2D eigenvalue weighted by atomic mass is 9.90. The number of hydrogen-bond acceptors (Lipinski definition) is 5. The molecule has 0 spiro atoms. The fourth-order valence-corrected chi connectivity index (χ4v) is 3.02. The standard InChI is InChI=1S/C14H23N3O3S.ClH/c1-14(10-15)6-7-17(11-14)8-9-20-12-2-4-13(5-3-12)21(16,18)19;/h2-5H,6-11,15H2,1H3,(H2,16,18,19);1H. The van der Waals surface area contributed by atoms with Crippen LogP contribution in [0.5, 0.6) is 5.75 Å². The first-order valence-electron chi connectivity index (χ1n) is 7.00. The summed E-state index contributed by atoms with van der Waals surface area (Å²) < 4.78 is 27.9. The molecule has 1 aromatic carbocycles. The van der Waals surface area contributed by atoms with E-state index in [0.717, 1.165) is 26.1 Å². The first-order chi connectivity index (χ1) is 9.82. The molecule has 0 aromatic heterocycles. The minimum atomic E-state index is -3.64. The number of sulfonamides is 1. The number of ether oxygens (including phenoxy) is 1. The molecule has 2 rings (SSSR count). The number of hydrogen-bond donors (Lipinski definition) is 2. The Bertz CT molecular complexity index is 580. The lowest BCUT2D eigenvalue weighted by Crippen LogP contribution is -2.33. The zero-order valence-electron chi connectivity index (χ0n) is 12.7. The summed E-state index contributed by atoms with van der Waals surface area (Å²) in [5, 5.41) is 5.04. The van der Waals surface area contributed by atoms with E-state index in [4.69, 9.17) is 15.6 Å². The second-order valence-electron chi connectivity index (χ2n) is 5.91. The van der Waals surface area contributed by atoms with E-state index in [-0.39, 0.29) is 22.7 Å². The van der Waals surface area contributed by atoms with Gasteiger partial charge in [0.05, 0.1) is 4.90 Å². The van der Waals surface area contributed by atoms with Gasteiger partial charge in [-0.3, -0.25) is 4.90 Å². The lowest BCUT2D eigenvalue weighted by Gasteiger charge is -2.22. The number of rotatable bonds is 6. The van der Waals surface area contributed by atoms with Crippen molar-refractivity contribution < 1.29 is 13.2 Å². The van der Waals surface area contributed by atoms with Gasteiger partial charge in [-0.25, -0.2) is 13.6 Å². The van der Waals surface area contributed by atoms with Crippen LogP contribution in [0.25, 0.3) is 0 Å². The van der Waals surface area contributed by atoms with Crippen molar-refractivity contribution in [2.75, 3.05) is 32.8 Å². The van der Waals surface area contributed by atoms with Crippen LogP contribution in [0.4, 0.5) is 0 Å². The third kappa shape index (κ3) is 5.10. The normalized spacial score (nSPS) is 22.3. The van der Waals surface area contributed by atoms with E-state index in [1.165, 1.54) is 12.1 Å². The van der Waals surface area contributed by atoms with Gasteiger partial charge in [0.2, 0.25) is 10.0 Å². The number of primary sulfonamides is 1. The molecule has 1 atom stereocenters. The Balaban J connectivity index is 0.00000242. The minimum Gasteiger partial charge on any atom is -0.492 e. The van der Waals surface area contributed by atoms with E-state index in [9.17, 15) is 8.42 Å². The monoisotopic (exact) mass is 349 g/mol. The van der Waals surface area contributed by atoms with Gasteiger partial charge in [-0.15, -0.1) is 12.4 Å². The second kappa shape index (κ2) is 7.61. The van der Waals surface area contributed by atoms with E-state index >= 15 is 0 Å². The molecule has 1 aliphatic heterocycles. The van der Waals surface area contributed by atoms with Crippen molar-refractivity contribution >= 4 is 22.4 Å². The Morgan fingerprint density at radius 3 is 2.45 bits per heavy atom. The maximum atomic E-state index is 11.1. The van der Waals surface area contributed by atoms with Crippen molar-refractivity contribution in [3.63, 3.8) is 0 Å². The largest absolute Gasteiger partial charge is 0.492 e. The van der Waals surface area contributed by atoms with E-state index in [2.05, 4.69) is 11.8 Å². The molecule has 1 saturated heterocycles. The molecule has 0 aliphatic carbocycles. The van der Waals surface area contributed by atoms with Crippen molar-refractivity contribution in [1.82, 2.24) is 4.90 Å². The Labute approximate surface area is 138 Å². The molecular formula is C14H24ClN3O3S. The van der Waals surface area contributed by atoms with Crippen LogP contribution in [-0.4, -0.2) is 46.1 Å². The van der Waals surface area contributed by atoms with Crippen LogP contribution in [0.2, 0.25) is 0 Å². The zero-order valence-corrected chi connectivity index (χ0v) is 14.3. The van der Waals surface area contributed by atoms with E-state index in [0.29, 0.717) is 18.9 Å². The van der Waals surface area contributed by atoms with E-state index in [1.54, 1.807) is 12.1 Å². The van der Waals surface area contributed by atoms with Gasteiger partial charge in [0.25, 0.3) is 0 Å². The van der Waals surface area contributed by atoms with Crippen LogP contribution < -0.4 is 15.6 Å². The Hall–Kier alpha value is -0.860. The number of nitrogens with two attached hydrogens (primary N) is 2. The molecule has 0 bridgehead atoms. The molecule has 0 radical (unpaired) electrons. The molecule has 1 heterocycles. The van der Waals surface area contributed by atoms with Gasteiger partial charge in [0.15, 0.2) is 0 Å². The molecule has 0 saturated carbocycles. The summed E-state index contributed by atoms with van der Waals surface area (Å²) in [5.74, 6) is 0.642. The lowest BCUT2D eigenvalue weighted by molar-refractivity contribution is 0.219. The Kier molecular flexibility index (Phi) is 6.64. The summed E-state index contributed by atoms with van der Waals surface area (Å²) in [5.41, 5.74) is 6.00. The highest BCUT2D eigenvalue weighted by Gasteiger charge is 2.31. The van der Waals surface area contributed by atoms with Crippen molar-refractivity contribution in [2.24, 2.45) is 16.3 Å². The summed E-state index contributed by atoms with van der Waals surface area (Å²) in [7, 11) is -3.64. The molecule has 0 amide bonds. The number of benzene rings is 1. The molecule has 4 N–H and O–H groups in total. The SMILES string of the molecule is CC1(CN)CCN(CCOc2ccc(S(N)(=O)=O)cc2)C1.Cl. The predicted molar refractivity (Wildman–Crippen MR) is 88.8 cm³/mol. The van der Waals surface area contributed by atoms with E-state index in [1.807, 2.05) is 0 Å². The van der Waals surface area contributed by atoms with Crippen molar-refractivity contribution in [3.8, 4) is 5.75 Å². The number of halogens is 1. The molecule has 22 heavy (non-hydrogen) atoms. The number of nitrogens with zero attached hydrogens (tertiary/aromatic N) is 1. The van der Waals surface area contributed by atoms with Crippen molar-refractivity contribution in [1.29, 1.82) is 0 Å². The van der Waals surface area contributed by atoms with Gasteiger partial charge in [0.1, 0.15) is 12.4 Å². The smallest absolute Gasteiger partial charge is 0.238 e. The van der Waals surface area contributed by atoms with Gasteiger partial charge in [-0.1, -0.05) is 6.92 Å². The average Bonchev–Trinajstić information content (AvgIpc) is 2.81. The van der Waals surface area contributed by atoms with Gasteiger partial charge in [-0.05, 0) is 49.2 Å². The highest BCUT2D eigenvalue weighted by atomic mass is 35.5. The van der Waals surface area contributed by atoms with Gasteiger partial charge in [-0.2, -0.15) is 0 Å². The van der Waals surface area contributed by atoms with Gasteiger partial charge < -0.3 is 10.5 Å². The van der Waals surface area contributed by atoms with Crippen molar-refractivity contribution in [3.05, 3.63) is 24.3 Å². The fourth-order valence-electron chi connectivity index (χ4n) is 2.50. The molecule has 6 nitrogen and oxygen atoms in total. The average molecular weight is 350 g/mol. The quantitative estimate of drug-likeness (QED) is 0.791. The highest BCUT2D eigenvalue weighted by Crippen LogP contribution is 2.28. The first-order valence-corrected chi connectivity index (χ1v) is 8.55. The summed E-state index contributed by atoms with van der Waals surface area (Å²) in [6, 6.07) is 6.14. The van der Waals surface area contributed by atoms with Crippen LogP contribution in [0, 0.1) is 5.41 Å². The Morgan fingerprint density at radius 2 is 1.95 bits per heavy atom. The molecule has 1 aromatic rings. The molecule has 8 heteroatoms. The summed E-state index contributed by atoms with van der Waals surface area (Å²) in [4.78, 5) is 2.43. The summed E-state index contributed by atoms with van der Waals surface area (Å²) in [6.07, 6.45) is 1.12. The molecule has 1 fully saturated rings. The maximum absolute atomic E-state index is 11.1. The third-order valence-electron chi connectivity index (χ3n) is 3.96. The van der Waals surface area contributed by atoms with Gasteiger partial charge in [0, 0.05) is 13.1 Å². The Morgan fingerprint density at radius 1 is 1.32 bits per heavy atom. The van der Waals surface area contributed by atoms with Crippen LogP contribution in [0.3, 0.4) is 0 Å². The van der Waals surface area contributed by atoms with Crippen LogP contribution in [-0.2, 0) is 10.0 Å². The second-order valence-corrected chi connectivity index (χ2v) is 7.47. The van der Waals surface area contributed by atoms with Crippen LogP contribution >= 0.6 is 12.4 Å². The van der Waals surface area contributed by atoms with Crippen LogP contribution in [0.1, 0.15) is 13.3 Å². The first kappa shape index (κ1) is 19.2. The summed E-state index contributed by atoms with van der Waals surface area (Å²) in [6.45, 7) is 6.36. The predicted octanol–water partition coefficient (Wildman–Crippen LogP) is 0.805. The fraction of sp³-hybridized carbons (Fsp3) is 0.571. The molecule has 1 unspecified atom stereocenters. The summed E-state index contributed by atoms with van der Waals surface area (Å²) >= 11 is 0. The van der Waals surface area contributed by atoms with Gasteiger partial charge >= 0.3 is 0 Å². The van der Waals surface area contributed by atoms with Crippen LogP contribution in [0.15, 0.2) is 29.2 Å². The minimum absolute atomic E-state index is 0. The topological polar surface area (TPSA) is 98.6 Å². The molecule has 126 valence electrons. The third-order valence-corrected chi connectivity index (χ3v) is 4.89. The van der Waals surface area contributed by atoms with Crippen molar-refractivity contribution in [2.45, 2.75) is 18.2 Å². The maximum Gasteiger partial charge on any atom is 0.238 e. The zero-order chi connectivity index (χ0) is 15.5. The molecule has 1 aliphatic rings. The highest BCUT2D eigenvalue weighted by molar-refractivity contribution is 7.89. The van der Waals surface area contributed by atoms with E-state index < -0.39 is 10.0 Å². The molecular weight excluding hydrogens is 326 g/mol. The number of likely N-dealkylation sites (tertiary alicyclic amines) is 1.